The third-order valence-corrected chi connectivity index (χ3v) is 8.64. The van der Waals surface area contributed by atoms with Crippen molar-refractivity contribution in [1.29, 1.82) is 0 Å². The molecular formula is C21H25N3O3S3. The standard InChI is InChI=1S/C21H25N3O3S3/c1-16-23-19(15-29-16)18-9-7-17(8-10-18)11-12-22-20(25)5-3-13-24(2)30(26,27)21-6-4-14-28-21/h4,6-10,14-15H,3,5,11-13H2,1-2H3,(H,22,25). The fourth-order valence-electron chi connectivity index (χ4n) is 2.92. The molecule has 1 amide bonds. The molecule has 0 aliphatic heterocycles. The second-order valence-corrected chi connectivity index (χ2v) is 11.2. The summed E-state index contributed by atoms with van der Waals surface area (Å²) in [7, 11) is -1.91. The van der Waals surface area contributed by atoms with Crippen LogP contribution < -0.4 is 5.32 Å². The van der Waals surface area contributed by atoms with E-state index in [2.05, 4.69) is 34.6 Å². The van der Waals surface area contributed by atoms with Crippen molar-refractivity contribution in [2.75, 3.05) is 20.1 Å². The lowest BCUT2D eigenvalue weighted by atomic mass is 10.1. The van der Waals surface area contributed by atoms with Crippen LogP contribution >= 0.6 is 22.7 Å². The summed E-state index contributed by atoms with van der Waals surface area (Å²) in [4.78, 5) is 16.5. The van der Waals surface area contributed by atoms with Gasteiger partial charge in [0.15, 0.2) is 0 Å². The van der Waals surface area contributed by atoms with Crippen molar-refractivity contribution in [3.63, 3.8) is 0 Å². The maximum absolute atomic E-state index is 12.3. The Bertz CT molecular complexity index is 1060. The van der Waals surface area contributed by atoms with Crippen molar-refractivity contribution < 1.29 is 13.2 Å². The number of rotatable bonds is 10. The van der Waals surface area contributed by atoms with Gasteiger partial charge in [-0.1, -0.05) is 30.3 Å². The quantitative estimate of drug-likeness (QED) is 0.494. The van der Waals surface area contributed by atoms with E-state index in [0.29, 0.717) is 30.1 Å². The minimum Gasteiger partial charge on any atom is -0.356 e. The Hall–Kier alpha value is -2.07. The molecule has 0 saturated heterocycles. The van der Waals surface area contributed by atoms with Crippen molar-refractivity contribution in [1.82, 2.24) is 14.6 Å². The van der Waals surface area contributed by atoms with E-state index in [1.165, 1.54) is 15.6 Å². The number of carbonyl (C=O) groups is 1. The number of hydrogen-bond donors (Lipinski definition) is 1. The fraction of sp³-hybridized carbons (Fsp3) is 0.333. The largest absolute Gasteiger partial charge is 0.356 e. The van der Waals surface area contributed by atoms with Gasteiger partial charge in [-0.15, -0.1) is 22.7 Å². The molecule has 160 valence electrons. The van der Waals surface area contributed by atoms with E-state index in [1.54, 1.807) is 35.9 Å². The van der Waals surface area contributed by atoms with E-state index in [9.17, 15) is 13.2 Å². The molecule has 0 atom stereocenters. The van der Waals surface area contributed by atoms with Crippen molar-refractivity contribution in [3.05, 3.63) is 57.7 Å². The molecule has 3 aromatic rings. The van der Waals surface area contributed by atoms with E-state index in [-0.39, 0.29) is 5.91 Å². The number of sulfonamides is 1. The highest BCUT2D eigenvalue weighted by Crippen LogP contribution is 2.22. The first-order valence-corrected chi connectivity index (χ1v) is 12.8. The van der Waals surface area contributed by atoms with Crippen LogP contribution in [0.4, 0.5) is 0 Å². The molecule has 9 heteroatoms. The van der Waals surface area contributed by atoms with E-state index >= 15 is 0 Å². The van der Waals surface area contributed by atoms with Crippen LogP contribution in [0.25, 0.3) is 11.3 Å². The number of carbonyl (C=O) groups excluding carboxylic acids is 1. The summed E-state index contributed by atoms with van der Waals surface area (Å²) in [6.07, 6.45) is 1.52. The number of nitrogens with one attached hydrogen (secondary N) is 1. The lowest BCUT2D eigenvalue weighted by Crippen LogP contribution is -2.30. The normalized spacial score (nSPS) is 11.7. The van der Waals surface area contributed by atoms with Crippen LogP contribution in [-0.4, -0.2) is 43.8 Å². The van der Waals surface area contributed by atoms with Crippen LogP contribution in [0.3, 0.4) is 0 Å². The number of hydrogen-bond acceptors (Lipinski definition) is 6. The molecule has 2 heterocycles. The van der Waals surface area contributed by atoms with Gasteiger partial charge >= 0.3 is 0 Å². The molecule has 0 aliphatic rings. The molecule has 30 heavy (non-hydrogen) atoms. The Morgan fingerprint density at radius 3 is 2.57 bits per heavy atom. The first kappa shape index (κ1) is 22.6. The Labute approximate surface area is 185 Å². The first-order valence-electron chi connectivity index (χ1n) is 9.64. The summed E-state index contributed by atoms with van der Waals surface area (Å²) in [5.74, 6) is -0.0634. The van der Waals surface area contributed by atoms with E-state index < -0.39 is 10.0 Å². The summed E-state index contributed by atoms with van der Waals surface area (Å²) in [6, 6.07) is 11.5. The van der Waals surface area contributed by atoms with E-state index in [1.807, 2.05) is 12.3 Å². The van der Waals surface area contributed by atoms with Gasteiger partial charge < -0.3 is 5.32 Å². The van der Waals surface area contributed by atoms with Gasteiger partial charge in [0.05, 0.1) is 10.7 Å². The highest BCUT2D eigenvalue weighted by molar-refractivity contribution is 7.91. The smallest absolute Gasteiger partial charge is 0.252 e. The van der Waals surface area contributed by atoms with Crippen LogP contribution in [-0.2, 0) is 21.2 Å². The molecule has 0 spiro atoms. The molecule has 1 N–H and O–H groups in total. The molecule has 0 fully saturated rings. The summed E-state index contributed by atoms with van der Waals surface area (Å²) in [5.41, 5.74) is 3.23. The number of thiophene rings is 1. The highest BCUT2D eigenvalue weighted by atomic mass is 32.2. The van der Waals surface area contributed by atoms with Crippen molar-refractivity contribution in [2.24, 2.45) is 0 Å². The molecule has 1 aromatic carbocycles. The third-order valence-electron chi connectivity index (χ3n) is 4.64. The number of nitrogens with zero attached hydrogens (tertiary/aromatic N) is 2. The number of thiazole rings is 1. The van der Waals surface area contributed by atoms with Gasteiger partial charge in [-0.25, -0.2) is 17.7 Å². The van der Waals surface area contributed by atoms with Crippen LogP contribution in [0.2, 0.25) is 0 Å². The van der Waals surface area contributed by atoms with Crippen LogP contribution in [0.15, 0.2) is 51.4 Å². The highest BCUT2D eigenvalue weighted by Gasteiger charge is 2.21. The van der Waals surface area contributed by atoms with Crippen molar-refractivity contribution in [3.8, 4) is 11.3 Å². The van der Waals surface area contributed by atoms with E-state index in [0.717, 1.165) is 28.2 Å². The number of benzene rings is 1. The zero-order chi connectivity index (χ0) is 21.6. The predicted molar refractivity (Wildman–Crippen MR) is 122 cm³/mol. The van der Waals surface area contributed by atoms with Gasteiger partial charge in [-0.05, 0) is 36.8 Å². The monoisotopic (exact) mass is 463 g/mol. The zero-order valence-electron chi connectivity index (χ0n) is 17.0. The molecule has 0 bridgehead atoms. The molecule has 0 saturated carbocycles. The maximum atomic E-state index is 12.3. The molecule has 3 rings (SSSR count). The lowest BCUT2D eigenvalue weighted by molar-refractivity contribution is -0.121. The number of aromatic nitrogens is 1. The van der Waals surface area contributed by atoms with Crippen LogP contribution in [0.1, 0.15) is 23.4 Å². The number of aryl methyl sites for hydroxylation is 1. The van der Waals surface area contributed by atoms with Crippen LogP contribution in [0, 0.1) is 6.92 Å². The van der Waals surface area contributed by atoms with Gasteiger partial charge in [-0.3, -0.25) is 4.79 Å². The van der Waals surface area contributed by atoms with Gasteiger partial charge in [-0.2, -0.15) is 0 Å². The second kappa shape index (κ2) is 10.3. The first-order chi connectivity index (χ1) is 14.4. The third kappa shape index (κ3) is 5.98. The summed E-state index contributed by atoms with van der Waals surface area (Å²) >= 11 is 2.83. The molecule has 6 nitrogen and oxygen atoms in total. The number of amides is 1. The average molecular weight is 464 g/mol. The Balaban J connectivity index is 1.37. The SMILES string of the molecule is Cc1nc(-c2ccc(CCNC(=O)CCCN(C)S(=O)(=O)c3cccs3)cc2)cs1. The molecule has 0 aliphatic carbocycles. The fourth-order valence-corrected chi connectivity index (χ4v) is 5.95. The molecule has 0 unspecified atom stereocenters. The lowest BCUT2D eigenvalue weighted by Gasteiger charge is -2.15. The Morgan fingerprint density at radius 2 is 1.93 bits per heavy atom. The summed E-state index contributed by atoms with van der Waals surface area (Å²) in [6.45, 7) is 2.86. The van der Waals surface area contributed by atoms with Crippen LogP contribution in [0.5, 0.6) is 0 Å². The second-order valence-electron chi connectivity index (χ2n) is 6.91. The topological polar surface area (TPSA) is 79.4 Å². The van der Waals surface area contributed by atoms with E-state index in [4.69, 9.17) is 0 Å². The molecular weight excluding hydrogens is 438 g/mol. The Kier molecular flexibility index (Phi) is 7.76. The van der Waals surface area contributed by atoms with Crippen molar-refractivity contribution in [2.45, 2.75) is 30.4 Å². The summed E-state index contributed by atoms with van der Waals surface area (Å²) < 4.78 is 26.3. The minimum atomic E-state index is -3.45. The van der Waals surface area contributed by atoms with Gasteiger partial charge in [0.2, 0.25) is 5.91 Å². The average Bonchev–Trinajstić information content (AvgIpc) is 3.41. The van der Waals surface area contributed by atoms with Gasteiger partial charge in [0.25, 0.3) is 10.0 Å². The maximum Gasteiger partial charge on any atom is 0.252 e. The minimum absolute atomic E-state index is 0.0634. The van der Waals surface area contributed by atoms with Gasteiger partial charge in [0, 0.05) is 37.5 Å². The predicted octanol–water partition coefficient (Wildman–Crippen LogP) is 3.94. The zero-order valence-corrected chi connectivity index (χ0v) is 19.4. The Morgan fingerprint density at radius 1 is 1.17 bits per heavy atom. The molecule has 0 radical (unpaired) electrons. The van der Waals surface area contributed by atoms with Crippen molar-refractivity contribution >= 4 is 38.6 Å². The van der Waals surface area contributed by atoms with Gasteiger partial charge in [0.1, 0.15) is 4.21 Å². The molecule has 2 aromatic heterocycles. The summed E-state index contributed by atoms with van der Waals surface area (Å²) in [5, 5.41) is 7.74.